The summed E-state index contributed by atoms with van der Waals surface area (Å²) in [5.41, 5.74) is 3.62. The Labute approximate surface area is 161 Å². The van der Waals surface area contributed by atoms with Gasteiger partial charge >= 0.3 is 0 Å². The largest absolute Gasteiger partial charge is 0.380 e. The van der Waals surface area contributed by atoms with Crippen molar-refractivity contribution in [3.63, 3.8) is 0 Å². The van der Waals surface area contributed by atoms with Crippen LogP contribution in [0.25, 0.3) is 0 Å². The quantitative estimate of drug-likeness (QED) is 0.393. The van der Waals surface area contributed by atoms with Crippen LogP contribution in [0.4, 0.5) is 0 Å². The SMILES string of the molecule is CCNC(=NCc1ccccc1)NCc1ccccc1COC.I. The molecule has 2 aromatic rings. The number of halogens is 1. The van der Waals surface area contributed by atoms with Crippen LogP contribution >= 0.6 is 24.0 Å². The average Bonchev–Trinajstić information content (AvgIpc) is 2.60. The molecule has 0 amide bonds. The number of nitrogens with one attached hydrogen (secondary N) is 2. The Morgan fingerprint density at radius 2 is 1.62 bits per heavy atom. The zero-order chi connectivity index (χ0) is 16.3. The van der Waals surface area contributed by atoms with Crippen LogP contribution in [0.3, 0.4) is 0 Å². The molecule has 130 valence electrons. The third-order valence-corrected chi connectivity index (χ3v) is 3.47. The first-order valence-corrected chi connectivity index (χ1v) is 7.95. The van der Waals surface area contributed by atoms with Crippen LogP contribution in [0.5, 0.6) is 0 Å². The van der Waals surface area contributed by atoms with Gasteiger partial charge in [-0.25, -0.2) is 4.99 Å². The Balaban J connectivity index is 0.00000288. The standard InChI is InChI=1S/C19H25N3O.HI/c1-3-20-19(21-13-16-9-5-4-6-10-16)22-14-17-11-7-8-12-18(17)15-23-2;/h4-12H,3,13-15H2,1-2H3,(H2,20,21,22);1H. The zero-order valence-electron chi connectivity index (χ0n) is 14.3. The fraction of sp³-hybridized carbons (Fsp3) is 0.316. The highest BCUT2D eigenvalue weighted by molar-refractivity contribution is 14.0. The van der Waals surface area contributed by atoms with Crippen molar-refractivity contribution in [1.29, 1.82) is 0 Å². The van der Waals surface area contributed by atoms with Crippen LogP contribution in [0, 0.1) is 0 Å². The van der Waals surface area contributed by atoms with Crippen molar-refractivity contribution in [2.24, 2.45) is 4.99 Å². The predicted molar refractivity (Wildman–Crippen MR) is 111 cm³/mol. The first-order valence-electron chi connectivity index (χ1n) is 7.95. The van der Waals surface area contributed by atoms with Gasteiger partial charge in [-0.15, -0.1) is 24.0 Å². The summed E-state index contributed by atoms with van der Waals surface area (Å²) in [7, 11) is 1.72. The molecule has 0 atom stereocenters. The van der Waals surface area contributed by atoms with Crippen molar-refractivity contribution >= 4 is 29.9 Å². The molecule has 2 aromatic carbocycles. The molecule has 4 nitrogen and oxygen atoms in total. The third-order valence-electron chi connectivity index (χ3n) is 3.47. The number of methoxy groups -OCH3 is 1. The summed E-state index contributed by atoms with van der Waals surface area (Å²) < 4.78 is 5.25. The minimum atomic E-state index is 0. The highest BCUT2D eigenvalue weighted by Gasteiger charge is 2.03. The molecule has 0 saturated carbocycles. The number of aliphatic imine (C=N–C) groups is 1. The van der Waals surface area contributed by atoms with Crippen LogP contribution in [0.2, 0.25) is 0 Å². The number of hydrogen-bond donors (Lipinski definition) is 2. The van der Waals surface area contributed by atoms with Gasteiger partial charge in [0.1, 0.15) is 0 Å². The summed E-state index contributed by atoms with van der Waals surface area (Å²) in [4.78, 5) is 4.64. The molecule has 0 radical (unpaired) electrons. The van der Waals surface area contributed by atoms with Gasteiger partial charge in [0.2, 0.25) is 0 Å². The molecule has 5 heteroatoms. The number of hydrogen-bond acceptors (Lipinski definition) is 2. The zero-order valence-corrected chi connectivity index (χ0v) is 16.6. The Morgan fingerprint density at radius 3 is 2.29 bits per heavy atom. The van der Waals surface area contributed by atoms with Gasteiger partial charge < -0.3 is 15.4 Å². The lowest BCUT2D eigenvalue weighted by molar-refractivity contribution is 0.184. The normalized spacial score (nSPS) is 10.8. The summed E-state index contributed by atoms with van der Waals surface area (Å²) in [6.45, 7) is 4.91. The van der Waals surface area contributed by atoms with Gasteiger partial charge in [-0.3, -0.25) is 0 Å². The van der Waals surface area contributed by atoms with E-state index in [1.807, 2.05) is 30.3 Å². The molecule has 0 bridgehead atoms. The molecule has 0 aliphatic carbocycles. The lowest BCUT2D eigenvalue weighted by Crippen LogP contribution is -2.37. The van der Waals surface area contributed by atoms with Crippen LogP contribution in [-0.2, 0) is 24.4 Å². The molecule has 2 N–H and O–H groups in total. The molecule has 0 aromatic heterocycles. The molecule has 2 rings (SSSR count). The van der Waals surface area contributed by atoms with Gasteiger partial charge in [-0.1, -0.05) is 54.6 Å². The molecule has 0 aliphatic rings. The Bertz CT molecular complexity index is 617. The minimum absolute atomic E-state index is 0. The smallest absolute Gasteiger partial charge is 0.191 e. The van der Waals surface area contributed by atoms with Gasteiger partial charge in [0.05, 0.1) is 13.2 Å². The van der Waals surface area contributed by atoms with E-state index in [1.54, 1.807) is 7.11 Å². The Morgan fingerprint density at radius 1 is 0.958 bits per heavy atom. The van der Waals surface area contributed by atoms with E-state index in [2.05, 4.69) is 46.8 Å². The Kier molecular flexibility index (Phi) is 10.1. The minimum Gasteiger partial charge on any atom is -0.380 e. The highest BCUT2D eigenvalue weighted by Crippen LogP contribution is 2.09. The van der Waals surface area contributed by atoms with Crippen molar-refractivity contribution in [3.05, 3.63) is 71.3 Å². The van der Waals surface area contributed by atoms with E-state index < -0.39 is 0 Å². The lowest BCUT2D eigenvalue weighted by atomic mass is 10.1. The highest BCUT2D eigenvalue weighted by atomic mass is 127. The number of ether oxygens (including phenoxy) is 1. The monoisotopic (exact) mass is 439 g/mol. The molecule has 0 spiro atoms. The predicted octanol–water partition coefficient (Wildman–Crippen LogP) is 3.71. The molecular formula is C19H26IN3O. The molecule has 0 aliphatic heterocycles. The average molecular weight is 439 g/mol. The third kappa shape index (κ3) is 6.88. The lowest BCUT2D eigenvalue weighted by Gasteiger charge is -2.13. The van der Waals surface area contributed by atoms with Crippen molar-refractivity contribution in [1.82, 2.24) is 10.6 Å². The second kappa shape index (κ2) is 11.9. The second-order valence-electron chi connectivity index (χ2n) is 5.24. The topological polar surface area (TPSA) is 45.7 Å². The van der Waals surface area contributed by atoms with Crippen LogP contribution < -0.4 is 10.6 Å². The maximum Gasteiger partial charge on any atom is 0.191 e. The van der Waals surface area contributed by atoms with E-state index in [1.165, 1.54) is 16.7 Å². The number of nitrogens with zero attached hydrogens (tertiary/aromatic N) is 1. The molecular weight excluding hydrogens is 413 g/mol. The summed E-state index contributed by atoms with van der Waals surface area (Å²) >= 11 is 0. The number of guanidine groups is 1. The van der Waals surface area contributed by atoms with Gasteiger partial charge in [-0.2, -0.15) is 0 Å². The maximum atomic E-state index is 5.25. The van der Waals surface area contributed by atoms with Crippen molar-refractivity contribution in [3.8, 4) is 0 Å². The van der Waals surface area contributed by atoms with Gasteiger partial charge in [-0.05, 0) is 23.6 Å². The van der Waals surface area contributed by atoms with E-state index >= 15 is 0 Å². The second-order valence-corrected chi connectivity index (χ2v) is 5.24. The van der Waals surface area contributed by atoms with E-state index in [4.69, 9.17) is 4.74 Å². The molecule has 0 heterocycles. The number of benzene rings is 2. The van der Waals surface area contributed by atoms with Gasteiger partial charge in [0.25, 0.3) is 0 Å². The number of rotatable bonds is 7. The molecule has 0 unspecified atom stereocenters. The summed E-state index contributed by atoms with van der Waals surface area (Å²) in [5.74, 6) is 0.823. The fourth-order valence-electron chi connectivity index (χ4n) is 2.30. The van der Waals surface area contributed by atoms with Gasteiger partial charge in [0, 0.05) is 20.2 Å². The molecule has 24 heavy (non-hydrogen) atoms. The summed E-state index contributed by atoms with van der Waals surface area (Å²) in [6.07, 6.45) is 0. The van der Waals surface area contributed by atoms with Crippen LogP contribution in [0.1, 0.15) is 23.6 Å². The maximum absolute atomic E-state index is 5.25. The van der Waals surface area contributed by atoms with E-state index in [-0.39, 0.29) is 24.0 Å². The van der Waals surface area contributed by atoms with E-state index in [0.29, 0.717) is 13.2 Å². The first-order chi connectivity index (χ1) is 11.3. The summed E-state index contributed by atoms with van der Waals surface area (Å²) in [6, 6.07) is 18.5. The molecule has 0 saturated heterocycles. The van der Waals surface area contributed by atoms with Crippen molar-refractivity contribution < 1.29 is 4.74 Å². The van der Waals surface area contributed by atoms with Crippen molar-refractivity contribution in [2.45, 2.75) is 26.6 Å². The van der Waals surface area contributed by atoms with Crippen LogP contribution in [0.15, 0.2) is 59.6 Å². The van der Waals surface area contributed by atoms with E-state index in [9.17, 15) is 0 Å². The van der Waals surface area contributed by atoms with Crippen molar-refractivity contribution in [2.75, 3.05) is 13.7 Å². The van der Waals surface area contributed by atoms with Crippen LogP contribution in [-0.4, -0.2) is 19.6 Å². The summed E-state index contributed by atoms with van der Waals surface area (Å²) in [5, 5.41) is 6.67. The van der Waals surface area contributed by atoms with E-state index in [0.717, 1.165) is 19.0 Å². The first kappa shape index (κ1) is 20.4. The molecule has 0 fully saturated rings. The fourth-order valence-corrected chi connectivity index (χ4v) is 2.30. The van der Waals surface area contributed by atoms with Gasteiger partial charge in [0.15, 0.2) is 5.96 Å². The Hall–Kier alpha value is -1.60.